The van der Waals surface area contributed by atoms with Crippen molar-refractivity contribution < 1.29 is 14.3 Å². The molecule has 4 aromatic rings. The van der Waals surface area contributed by atoms with Gasteiger partial charge in [-0.1, -0.05) is 12.1 Å². The Morgan fingerprint density at radius 3 is 2.77 bits per heavy atom. The molecule has 0 fully saturated rings. The molecular weight excluding hydrogens is 399 g/mol. The second-order valence-corrected chi connectivity index (χ2v) is 7.73. The summed E-state index contributed by atoms with van der Waals surface area (Å²) < 4.78 is 15.3. The molecule has 8 nitrogen and oxygen atoms in total. The van der Waals surface area contributed by atoms with Gasteiger partial charge in [-0.2, -0.15) is 10.2 Å². The highest BCUT2D eigenvalue weighted by molar-refractivity contribution is 6.09. The average Bonchev–Trinajstić information content (AvgIpc) is 3.47. The number of fused-ring (bicyclic) bond motifs is 1. The third-order valence-corrected chi connectivity index (χ3v) is 5.51. The van der Waals surface area contributed by atoms with Crippen LogP contribution in [-0.4, -0.2) is 42.4 Å². The van der Waals surface area contributed by atoms with Gasteiger partial charge in [-0.25, -0.2) is 9.37 Å². The van der Waals surface area contributed by atoms with Gasteiger partial charge in [0.15, 0.2) is 11.6 Å². The van der Waals surface area contributed by atoms with Crippen LogP contribution in [0.4, 0.5) is 16.0 Å². The van der Waals surface area contributed by atoms with Crippen LogP contribution < -0.4 is 4.90 Å². The summed E-state index contributed by atoms with van der Waals surface area (Å²) in [5.41, 5.74) is 1.46. The first kappa shape index (κ1) is 19.1. The Morgan fingerprint density at radius 1 is 1.19 bits per heavy atom. The molecular formula is C22H19FN6O2. The van der Waals surface area contributed by atoms with Crippen molar-refractivity contribution in [3.8, 4) is 11.1 Å². The van der Waals surface area contributed by atoms with E-state index in [1.807, 2.05) is 13.2 Å². The predicted molar refractivity (Wildman–Crippen MR) is 111 cm³/mol. The average molecular weight is 418 g/mol. The molecule has 1 unspecified atom stereocenters. The number of aliphatic hydroxyl groups is 1. The molecule has 0 bridgehead atoms. The number of ketones is 1. The molecule has 1 atom stereocenters. The standard InChI is InChI=1S/C22H19FN6O2/c1-22(31,15-4-3-5-16(23)7-15)19-8-20(27-26-19)29-12-18(30)17-6-13(9-24-21(17)29)14-10-25-28(2)11-14/h3-11,31H,12H2,1-2H3,(H,26,27). The van der Waals surface area contributed by atoms with Crippen molar-refractivity contribution in [3.63, 3.8) is 0 Å². The number of Topliss-reactive ketones (excluding diaryl/α,β-unsaturated/α-hetero) is 1. The van der Waals surface area contributed by atoms with Gasteiger partial charge in [-0.3, -0.25) is 14.6 Å². The molecule has 1 aliphatic heterocycles. The first-order valence-corrected chi connectivity index (χ1v) is 9.67. The zero-order chi connectivity index (χ0) is 21.8. The Hall–Kier alpha value is -3.85. The topological polar surface area (TPSA) is 99.9 Å². The van der Waals surface area contributed by atoms with Crippen LogP contribution in [0.1, 0.15) is 28.5 Å². The quantitative estimate of drug-likeness (QED) is 0.529. The minimum absolute atomic E-state index is 0.0744. The van der Waals surface area contributed by atoms with Crippen molar-refractivity contribution in [3.05, 3.63) is 77.6 Å². The predicted octanol–water partition coefficient (Wildman–Crippen LogP) is 2.93. The monoisotopic (exact) mass is 418 g/mol. The van der Waals surface area contributed by atoms with Crippen LogP contribution in [0.5, 0.6) is 0 Å². The van der Waals surface area contributed by atoms with Crippen LogP contribution in [0.15, 0.2) is 55.0 Å². The van der Waals surface area contributed by atoms with Gasteiger partial charge < -0.3 is 10.0 Å². The molecule has 31 heavy (non-hydrogen) atoms. The Labute approximate surface area is 177 Å². The molecule has 5 rings (SSSR count). The van der Waals surface area contributed by atoms with Crippen molar-refractivity contribution in [1.29, 1.82) is 0 Å². The summed E-state index contributed by atoms with van der Waals surface area (Å²) in [7, 11) is 1.82. The van der Waals surface area contributed by atoms with E-state index >= 15 is 0 Å². The van der Waals surface area contributed by atoms with Crippen LogP contribution in [0.3, 0.4) is 0 Å². The second-order valence-electron chi connectivity index (χ2n) is 7.73. The Bertz CT molecular complexity index is 1310. The Morgan fingerprint density at radius 2 is 2.03 bits per heavy atom. The maximum atomic E-state index is 13.6. The van der Waals surface area contributed by atoms with E-state index in [-0.39, 0.29) is 12.3 Å². The summed E-state index contributed by atoms with van der Waals surface area (Å²) in [5, 5.41) is 22.2. The van der Waals surface area contributed by atoms with E-state index < -0.39 is 11.4 Å². The molecule has 0 saturated carbocycles. The third kappa shape index (κ3) is 3.19. The number of nitrogens with one attached hydrogen (secondary N) is 1. The van der Waals surface area contributed by atoms with Gasteiger partial charge in [0.25, 0.3) is 0 Å². The number of aromatic amines is 1. The van der Waals surface area contributed by atoms with Crippen molar-refractivity contribution in [2.24, 2.45) is 7.05 Å². The third-order valence-electron chi connectivity index (χ3n) is 5.51. The van der Waals surface area contributed by atoms with Crippen molar-refractivity contribution in [2.45, 2.75) is 12.5 Å². The second kappa shape index (κ2) is 6.85. The van der Waals surface area contributed by atoms with Gasteiger partial charge in [-0.05, 0) is 30.7 Å². The van der Waals surface area contributed by atoms with E-state index in [0.29, 0.717) is 28.5 Å². The lowest BCUT2D eigenvalue weighted by atomic mass is 9.92. The highest BCUT2D eigenvalue weighted by Crippen LogP contribution is 2.36. The smallest absolute Gasteiger partial charge is 0.186 e. The fourth-order valence-corrected chi connectivity index (χ4v) is 3.74. The number of rotatable bonds is 4. The number of halogens is 1. The first-order chi connectivity index (χ1) is 14.8. The normalized spacial score (nSPS) is 15.2. The van der Waals surface area contributed by atoms with Crippen LogP contribution in [0.25, 0.3) is 11.1 Å². The lowest BCUT2D eigenvalue weighted by Gasteiger charge is -2.22. The van der Waals surface area contributed by atoms with Crippen LogP contribution in [0, 0.1) is 5.82 Å². The van der Waals surface area contributed by atoms with E-state index in [1.54, 1.807) is 47.1 Å². The number of pyridine rings is 1. The van der Waals surface area contributed by atoms with E-state index in [9.17, 15) is 14.3 Å². The molecule has 9 heteroatoms. The number of carbonyl (C=O) groups excluding carboxylic acids is 1. The number of anilines is 2. The summed E-state index contributed by atoms with van der Waals surface area (Å²) in [6.07, 6.45) is 5.27. The number of aromatic nitrogens is 5. The Balaban J connectivity index is 1.48. The molecule has 0 radical (unpaired) electrons. The minimum Gasteiger partial charge on any atom is -0.379 e. The van der Waals surface area contributed by atoms with Crippen molar-refractivity contribution >= 4 is 17.4 Å². The van der Waals surface area contributed by atoms with Crippen molar-refractivity contribution in [1.82, 2.24) is 25.0 Å². The van der Waals surface area contributed by atoms with E-state index in [4.69, 9.17) is 0 Å². The molecule has 2 N–H and O–H groups in total. The molecule has 3 aromatic heterocycles. The summed E-state index contributed by atoms with van der Waals surface area (Å²) in [6, 6.07) is 9.21. The van der Waals surface area contributed by atoms with Crippen molar-refractivity contribution in [2.75, 3.05) is 11.4 Å². The maximum Gasteiger partial charge on any atom is 0.186 e. The lowest BCUT2D eigenvalue weighted by Crippen LogP contribution is -2.23. The number of benzene rings is 1. The lowest BCUT2D eigenvalue weighted by molar-refractivity contribution is 0.0969. The summed E-state index contributed by atoms with van der Waals surface area (Å²) in [5.74, 6) is 0.432. The van der Waals surface area contributed by atoms with Gasteiger partial charge >= 0.3 is 0 Å². The maximum absolute atomic E-state index is 13.6. The number of hydrogen-bond donors (Lipinski definition) is 2. The molecule has 0 aliphatic carbocycles. The van der Waals surface area contributed by atoms with Gasteiger partial charge in [0, 0.05) is 36.6 Å². The summed E-state index contributed by atoms with van der Waals surface area (Å²) in [4.78, 5) is 18.9. The highest BCUT2D eigenvalue weighted by atomic mass is 19.1. The van der Waals surface area contributed by atoms with Gasteiger partial charge in [0.05, 0.1) is 24.0 Å². The molecule has 0 spiro atoms. The van der Waals surface area contributed by atoms with Gasteiger partial charge in [0.2, 0.25) is 0 Å². The molecule has 1 aromatic carbocycles. The summed E-state index contributed by atoms with van der Waals surface area (Å²) in [6.45, 7) is 1.64. The van der Waals surface area contributed by atoms with Gasteiger partial charge in [-0.15, -0.1) is 0 Å². The SMILES string of the molecule is Cn1cc(-c2cnc3c(c2)C(=O)CN3c2cc(C(C)(O)c3cccc(F)c3)[nH]n2)cn1. The van der Waals surface area contributed by atoms with E-state index in [2.05, 4.69) is 20.3 Å². The number of aryl methyl sites for hydroxylation is 1. The molecule has 156 valence electrons. The molecule has 0 saturated heterocycles. The van der Waals surface area contributed by atoms with Crippen LogP contribution >= 0.6 is 0 Å². The fraction of sp³-hybridized carbons (Fsp3) is 0.182. The number of nitrogens with zero attached hydrogens (tertiary/aromatic N) is 5. The highest BCUT2D eigenvalue weighted by Gasteiger charge is 2.34. The largest absolute Gasteiger partial charge is 0.379 e. The number of H-pyrrole nitrogens is 1. The molecule has 4 heterocycles. The van der Waals surface area contributed by atoms with Gasteiger partial charge in [0.1, 0.15) is 17.2 Å². The molecule has 1 aliphatic rings. The van der Waals surface area contributed by atoms with Crippen LogP contribution in [0.2, 0.25) is 0 Å². The number of hydrogen-bond acceptors (Lipinski definition) is 6. The summed E-state index contributed by atoms with van der Waals surface area (Å²) >= 11 is 0. The van der Waals surface area contributed by atoms with E-state index in [0.717, 1.165) is 11.1 Å². The molecule has 0 amide bonds. The zero-order valence-electron chi connectivity index (χ0n) is 16.9. The number of carbonyl (C=O) groups is 1. The zero-order valence-corrected chi connectivity index (χ0v) is 16.9. The Kier molecular flexibility index (Phi) is 4.23. The first-order valence-electron chi connectivity index (χ1n) is 9.67. The van der Waals surface area contributed by atoms with Crippen LogP contribution in [-0.2, 0) is 12.6 Å². The minimum atomic E-state index is -1.49. The fourth-order valence-electron chi connectivity index (χ4n) is 3.74. The van der Waals surface area contributed by atoms with E-state index in [1.165, 1.54) is 18.2 Å².